The van der Waals surface area contributed by atoms with Crippen LogP contribution >= 0.6 is 12.4 Å². The molecule has 0 fully saturated rings. The number of halogens is 1. The monoisotopic (exact) mass is 529 g/mol. The zero-order valence-electron chi connectivity index (χ0n) is 20.8. The number of hydrogen-bond donors (Lipinski definition) is 1. The number of hydrogen-bond acceptors (Lipinski definition) is 7. The highest BCUT2D eigenvalue weighted by atomic mass is 35.5. The smallest absolute Gasteiger partial charge is 0.271 e. The third-order valence-corrected chi connectivity index (χ3v) is 6.86. The molecule has 1 unspecified atom stereocenters. The standard InChI is InChI=1S/C24H35N3O6S.ClH/c1-18(2)14-25(15-19(3)4)16-21(28)17-26(34(31,32)22-9-7-6-8-10-22)23-13-20(27(29)30)11-12-24(23)33-5;/h6-13,18-19,21,28H,14-17H2,1-5H3;1H. The Balaban J connectivity index is 0.00000612. The first-order valence-corrected chi connectivity index (χ1v) is 12.7. The molecule has 2 aromatic carbocycles. The number of methoxy groups -OCH3 is 1. The molecule has 2 rings (SSSR count). The SMILES string of the molecule is COc1ccc([N+](=O)[O-])cc1N(CC(O)CN(CC(C)C)CC(C)C)S(=O)(=O)c1ccccc1.Cl. The number of nitro benzene ring substituents is 1. The Bertz CT molecular complexity index is 1040. The summed E-state index contributed by atoms with van der Waals surface area (Å²) in [5.41, 5.74) is -0.279. The molecule has 1 atom stereocenters. The van der Waals surface area contributed by atoms with Crippen LogP contribution in [-0.2, 0) is 10.0 Å². The Morgan fingerprint density at radius 2 is 1.54 bits per heavy atom. The number of nitro groups is 1. The molecule has 196 valence electrons. The lowest BCUT2D eigenvalue weighted by atomic mass is 10.1. The van der Waals surface area contributed by atoms with E-state index >= 15 is 0 Å². The molecule has 0 heterocycles. The van der Waals surface area contributed by atoms with Crippen LogP contribution in [0.5, 0.6) is 5.75 Å². The molecule has 0 bridgehead atoms. The number of anilines is 1. The van der Waals surface area contributed by atoms with Crippen molar-refractivity contribution in [2.24, 2.45) is 11.8 Å². The van der Waals surface area contributed by atoms with Crippen LogP contribution in [0.25, 0.3) is 0 Å². The van der Waals surface area contributed by atoms with Gasteiger partial charge in [0.2, 0.25) is 0 Å². The summed E-state index contributed by atoms with van der Waals surface area (Å²) in [6.45, 7) is 9.80. The molecule has 9 nitrogen and oxygen atoms in total. The van der Waals surface area contributed by atoms with Gasteiger partial charge in [-0.15, -0.1) is 12.4 Å². The van der Waals surface area contributed by atoms with E-state index in [-0.39, 0.29) is 47.5 Å². The molecule has 0 amide bonds. The van der Waals surface area contributed by atoms with Crippen LogP contribution in [0.2, 0.25) is 0 Å². The minimum atomic E-state index is -4.15. The topological polar surface area (TPSA) is 113 Å². The van der Waals surface area contributed by atoms with Gasteiger partial charge in [-0.3, -0.25) is 14.4 Å². The van der Waals surface area contributed by atoms with Gasteiger partial charge in [0, 0.05) is 31.8 Å². The fraction of sp³-hybridized carbons (Fsp3) is 0.500. The minimum absolute atomic E-state index is 0. The van der Waals surface area contributed by atoms with E-state index in [1.165, 1.54) is 31.4 Å². The second kappa shape index (κ2) is 13.6. The summed E-state index contributed by atoms with van der Waals surface area (Å²) in [6.07, 6.45) is -1.04. The Hall–Kier alpha value is -2.40. The minimum Gasteiger partial charge on any atom is -0.495 e. The maximum Gasteiger partial charge on any atom is 0.271 e. The quantitative estimate of drug-likeness (QED) is 0.305. The second-order valence-corrected chi connectivity index (χ2v) is 11.0. The molecule has 0 spiro atoms. The zero-order valence-corrected chi connectivity index (χ0v) is 22.5. The van der Waals surface area contributed by atoms with Gasteiger partial charge in [0.05, 0.1) is 29.6 Å². The number of sulfonamides is 1. The summed E-state index contributed by atoms with van der Waals surface area (Å²) in [5, 5.41) is 22.4. The van der Waals surface area contributed by atoms with Gasteiger partial charge in [-0.1, -0.05) is 45.9 Å². The highest BCUT2D eigenvalue weighted by Crippen LogP contribution is 2.35. The van der Waals surface area contributed by atoms with Gasteiger partial charge in [-0.05, 0) is 30.0 Å². The predicted octanol–water partition coefficient (Wildman–Crippen LogP) is 4.20. The Kier molecular flexibility index (Phi) is 11.9. The van der Waals surface area contributed by atoms with E-state index in [4.69, 9.17) is 4.74 Å². The van der Waals surface area contributed by atoms with Gasteiger partial charge in [-0.25, -0.2) is 8.42 Å². The van der Waals surface area contributed by atoms with Crippen LogP contribution in [0.3, 0.4) is 0 Å². The van der Waals surface area contributed by atoms with Crippen molar-refractivity contribution in [3.8, 4) is 5.75 Å². The van der Waals surface area contributed by atoms with E-state index in [2.05, 4.69) is 32.6 Å². The molecule has 35 heavy (non-hydrogen) atoms. The maximum absolute atomic E-state index is 13.6. The lowest BCUT2D eigenvalue weighted by Crippen LogP contribution is -2.44. The fourth-order valence-electron chi connectivity index (χ4n) is 3.84. The van der Waals surface area contributed by atoms with E-state index in [0.29, 0.717) is 11.8 Å². The largest absolute Gasteiger partial charge is 0.495 e. The summed E-state index contributed by atoms with van der Waals surface area (Å²) in [6, 6.07) is 11.5. The number of rotatable bonds is 13. The summed E-state index contributed by atoms with van der Waals surface area (Å²) >= 11 is 0. The summed E-state index contributed by atoms with van der Waals surface area (Å²) in [4.78, 5) is 12.9. The first kappa shape index (κ1) is 30.6. The fourth-order valence-corrected chi connectivity index (χ4v) is 5.36. The van der Waals surface area contributed by atoms with Crippen LogP contribution in [0.1, 0.15) is 27.7 Å². The van der Waals surface area contributed by atoms with Crippen molar-refractivity contribution in [1.29, 1.82) is 0 Å². The van der Waals surface area contributed by atoms with E-state index in [1.54, 1.807) is 18.2 Å². The molecule has 0 aliphatic rings. The molecular weight excluding hydrogens is 494 g/mol. The van der Waals surface area contributed by atoms with Crippen molar-refractivity contribution >= 4 is 33.8 Å². The van der Waals surface area contributed by atoms with E-state index < -0.39 is 21.1 Å². The van der Waals surface area contributed by atoms with Gasteiger partial charge in [0.15, 0.2) is 0 Å². The Labute approximate surface area is 214 Å². The third kappa shape index (κ3) is 8.64. The first-order valence-electron chi connectivity index (χ1n) is 11.3. The van der Waals surface area contributed by atoms with Crippen molar-refractivity contribution in [3.05, 3.63) is 58.6 Å². The zero-order chi connectivity index (χ0) is 25.5. The lowest BCUT2D eigenvalue weighted by molar-refractivity contribution is -0.384. The molecule has 0 saturated carbocycles. The van der Waals surface area contributed by atoms with Gasteiger partial charge < -0.3 is 14.7 Å². The van der Waals surface area contributed by atoms with E-state index in [9.17, 15) is 23.6 Å². The summed E-state index contributed by atoms with van der Waals surface area (Å²) < 4.78 is 33.6. The van der Waals surface area contributed by atoms with Crippen molar-refractivity contribution < 1.29 is 23.2 Å². The number of non-ortho nitro benzene ring substituents is 1. The molecule has 0 aromatic heterocycles. The number of aliphatic hydroxyl groups excluding tert-OH is 1. The van der Waals surface area contributed by atoms with E-state index in [1.807, 2.05) is 0 Å². The Morgan fingerprint density at radius 1 is 0.971 bits per heavy atom. The summed E-state index contributed by atoms with van der Waals surface area (Å²) in [5.74, 6) is 0.887. The van der Waals surface area contributed by atoms with Crippen LogP contribution in [0.4, 0.5) is 11.4 Å². The molecule has 0 aliphatic heterocycles. The number of aliphatic hydroxyl groups is 1. The molecule has 0 aliphatic carbocycles. The molecule has 0 radical (unpaired) electrons. The second-order valence-electron chi connectivity index (χ2n) is 9.12. The maximum atomic E-state index is 13.6. The van der Waals surface area contributed by atoms with Gasteiger partial charge in [0.25, 0.3) is 15.7 Å². The Morgan fingerprint density at radius 3 is 2.03 bits per heavy atom. The predicted molar refractivity (Wildman–Crippen MR) is 140 cm³/mol. The molecule has 2 aromatic rings. The average molecular weight is 530 g/mol. The first-order chi connectivity index (χ1) is 15.9. The van der Waals surface area contributed by atoms with Crippen LogP contribution < -0.4 is 9.04 Å². The number of ether oxygens (including phenoxy) is 1. The van der Waals surface area contributed by atoms with Crippen LogP contribution in [0.15, 0.2) is 53.4 Å². The van der Waals surface area contributed by atoms with E-state index in [0.717, 1.165) is 23.5 Å². The number of nitrogens with zero attached hydrogens (tertiary/aromatic N) is 3. The van der Waals surface area contributed by atoms with Crippen molar-refractivity contribution in [2.75, 3.05) is 37.6 Å². The van der Waals surface area contributed by atoms with Crippen molar-refractivity contribution in [3.63, 3.8) is 0 Å². The van der Waals surface area contributed by atoms with Gasteiger partial charge >= 0.3 is 0 Å². The molecule has 11 heteroatoms. The average Bonchev–Trinajstić information content (AvgIpc) is 2.76. The normalized spacial score (nSPS) is 12.5. The summed E-state index contributed by atoms with van der Waals surface area (Å²) in [7, 11) is -2.79. The van der Waals surface area contributed by atoms with Crippen LogP contribution in [0, 0.1) is 22.0 Å². The van der Waals surface area contributed by atoms with Crippen LogP contribution in [-0.4, -0.2) is 62.7 Å². The highest BCUT2D eigenvalue weighted by molar-refractivity contribution is 7.92. The van der Waals surface area contributed by atoms with Gasteiger partial charge in [-0.2, -0.15) is 0 Å². The van der Waals surface area contributed by atoms with Crippen molar-refractivity contribution in [2.45, 2.75) is 38.7 Å². The molecule has 0 saturated heterocycles. The number of benzene rings is 2. The lowest BCUT2D eigenvalue weighted by Gasteiger charge is -2.32. The molecular formula is C24H36ClN3O6S. The van der Waals surface area contributed by atoms with Crippen molar-refractivity contribution in [1.82, 2.24) is 4.90 Å². The van der Waals surface area contributed by atoms with Gasteiger partial charge in [0.1, 0.15) is 11.4 Å². The third-order valence-electron chi connectivity index (χ3n) is 5.07. The molecule has 1 N–H and O–H groups in total. The highest BCUT2D eigenvalue weighted by Gasteiger charge is 2.31.